The fraction of sp³-hybridized carbons (Fsp3) is 0.727. The average Bonchev–Trinajstić information content (AvgIpc) is 2.74. The van der Waals surface area contributed by atoms with Crippen LogP contribution in [-0.4, -0.2) is 47.7 Å². The van der Waals surface area contributed by atoms with Crippen molar-refractivity contribution in [1.82, 2.24) is 14.7 Å². The van der Waals surface area contributed by atoms with Gasteiger partial charge in [-0.05, 0) is 36.3 Å². The Morgan fingerprint density at radius 2 is 2.22 bits per heavy atom. The normalized spacial score (nSPS) is 22.8. The highest BCUT2D eigenvalue weighted by atomic mass is 79.9. The van der Waals surface area contributed by atoms with Crippen molar-refractivity contribution in [3.63, 3.8) is 0 Å². The fourth-order valence-corrected chi connectivity index (χ4v) is 4.61. The van der Waals surface area contributed by atoms with E-state index in [1.54, 1.807) is 0 Å². The summed E-state index contributed by atoms with van der Waals surface area (Å²) < 4.78 is 25.8. The highest BCUT2D eigenvalue weighted by Crippen LogP contribution is 2.24. The third-order valence-electron chi connectivity index (χ3n) is 3.49. The first-order valence-electron chi connectivity index (χ1n) is 5.89. The number of hydrogen-bond donors (Lipinski definition) is 0. The molecule has 1 aliphatic heterocycles. The molecule has 1 aliphatic rings. The smallest absolute Gasteiger partial charge is 0.151 e. The number of sulfone groups is 1. The minimum Gasteiger partial charge on any atom is -0.297 e. The van der Waals surface area contributed by atoms with Crippen molar-refractivity contribution in [2.24, 2.45) is 7.05 Å². The third-order valence-corrected chi connectivity index (χ3v) is 6.27. The van der Waals surface area contributed by atoms with E-state index in [4.69, 9.17) is 0 Å². The predicted molar refractivity (Wildman–Crippen MR) is 74.2 cm³/mol. The zero-order valence-electron chi connectivity index (χ0n) is 10.9. The number of halogens is 1. The van der Waals surface area contributed by atoms with Gasteiger partial charge in [0.25, 0.3) is 0 Å². The first kappa shape index (κ1) is 14.0. The average molecular weight is 336 g/mol. The molecule has 1 atom stereocenters. The second-order valence-corrected chi connectivity index (χ2v) is 7.96. The number of hydrogen-bond acceptors (Lipinski definition) is 4. The molecule has 0 N–H and O–H groups in total. The van der Waals surface area contributed by atoms with Crippen molar-refractivity contribution < 1.29 is 8.42 Å². The second kappa shape index (κ2) is 4.94. The molecular formula is C11H18BrN3O2S. The maximum atomic E-state index is 11.5. The summed E-state index contributed by atoms with van der Waals surface area (Å²) >= 11 is 3.53. The lowest BCUT2D eigenvalue weighted by Gasteiger charge is -2.23. The lowest BCUT2D eigenvalue weighted by atomic mass is 10.2. The molecular weight excluding hydrogens is 318 g/mol. The van der Waals surface area contributed by atoms with Gasteiger partial charge < -0.3 is 0 Å². The van der Waals surface area contributed by atoms with E-state index in [2.05, 4.69) is 25.9 Å². The number of aryl methyl sites for hydroxylation is 2. The minimum atomic E-state index is -2.82. The van der Waals surface area contributed by atoms with Gasteiger partial charge in [0, 0.05) is 19.6 Å². The molecule has 1 aromatic rings. The van der Waals surface area contributed by atoms with Gasteiger partial charge in [0.15, 0.2) is 9.84 Å². The van der Waals surface area contributed by atoms with E-state index < -0.39 is 9.84 Å². The van der Waals surface area contributed by atoms with Crippen LogP contribution in [-0.2, 0) is 23.4 Å². The summed E-state index contributed by atoms with van der Waals surface area (Å²) in [5.41, 5.74) is 2.04. The van der Waals surface area contributed by atoms with Gasteiger partial charge in [-0.3, -0.25) is 9.58 Å². The van der Waals surface area contributed by atoms with Crippen LogP contribution in [0.2, 0.25) is 0 Å². The SMILES string of the molecule is Cc1nn(C)c(CN(C)C2CCS(=O)(=O)C2)c1Br. The van der Waals surface area contributed by atoms with Gasteiger partial charge >= 0.3 is 0 Å². The minimum absolute atomic E-state index is 0.122. The topological polar surface area (TPSA) is 55.2 Å². The summed E-state index contributed by atoms with van der Waals surface area (Å²) in [7, 11) is 1.06. The molecule has 1 aromatic heterocycles. The summed E-state index contributed by atoms with van der Waals surface area (Å²) in [4.78, 5) is 2.10. The van der Waals surface area contributed by atoms with Crippen LogP contribution in [0.3, 0.4) is 0 Å². The van der Waals surface area contributed by atoms with Crippen molar-refractivity contribution in [2.75, 3.05) is 18.6 Å². The van der Waals surface area contributed by atoms with Gasteiger partial charge in [0.2, 0.25) is 0 Å². The van der Waals surface area contributed by atoms with Gasteiger partial charge in [0.05, 0.1) is 27.4 Å². The van der Waals surface area contributed by atoms with Crippen molar-refractivity contribution in [3.05, 3.63) is 15.9 Å². The fourth-order valence-electron chi connectivity index (χ4n) is 2.34. The first-order chi connectivity index (χ1) is 8.30. The molecule has 0 bridgehead atoms. The summed E-state index contributed by atoms with van der Waals surface area (Å²) in [6.45, 7) is 2.66. The Morgan fingerprint density at radius 1 is 1.56 bits per heavy atom. The van der Waals surface area contributed by atoms with Gasteiger partial charge in [-0.15, -0.1) is 0 Å². The lowest BCUT2D eigenvalue weighted by Crippen LogP contribution is -2.32. The summed E-state index contributed by atoms with van der Waals surface area (Å²) in [5, 5.41) is 4.34. The molecule has 102 valence electrons. The van der Waals surface area contributed by atoms with Crippen LogP contribution < -0.4 is 0 Å². The molecule has 18 heavy (non-hydrogen) atoms. The van der Waals surface area contributed by atoms with Crippen LogP contribution in [0.25, 0.3) is 0 Å². The third kappa shape index (κ3) is 2.78. The quantitative estimate of drug-likeness (QED) is 0.830. The van der Waals surface area contributed by atoms with Gasteiger partial charge in [-0.25, -0.2) is 8.42 Å². The number of nitrogens with zero attached hydrogens (tertiary/aromatic N) is 3. The van der Waals surface area contributed by atoms with Crippen LogP contribution >= 0.6 is 15.9 Å². The van der Waals surface area contributed by atoms with Crippen LogP contribution in [0.4, 0.5) is 0 Å². The largest absolute Gasteiger partial charge is 0.297 e. The predicted octanol–water partition coefficient (Wildman–Crippen LogP) is 1.11. The summed E-state index contributed by atoms with van der Waals surface area (Å²) in [6, 6.07) is 0.122. The first-order valence-corrected chi connectivity index (χ1v) is 8.50. The maximum Gasteiger partial charge on any atom is 0.151 e. The van der Waals surface area contributed by atoms with E-state index in [0.29, 0.717) is 12.3 Å². The molecule has 2 heterocycles. The van der Waals surface area contributed by atoms with Crippen LogP contribution in [0.5, 0.6) is 0 Å². The number of rotatable bonds is 3. The summed E-state index contributed by atoms with van der Waals surface area (Å²) in [6.07, 6.45) is 0.729. The maximum absolute atomic E-state index is 11.5. The molecule has 1 fully saturated rings. The van der Waals surface area contributed by atoms with Crippen LogP contribution in [0.15, 0.2) is 4.47 Å². The Kier molecular flexibility index (Phi) is 3.85. The molecule has 0 radical (unpaired) electrons. The van der Waals surface area contributed by atoms with Crippen molar-refractivity contribution in [1.29, 1.82) is 0 Å². The van der Waals surface area contributed by atoms with E-state index >= 15 is 0 Å². The van der Waals surface area contributed by atoms with E-state index in [9.17, 15) is 8.42 Å². The Hall–Kier alpha value is -0.400. The Balaban J connectivity index is 2.10. The monoisotopic (exact) mass is 335 g/mol. The Morgan fingerprint density at radius 3 is 2.67 bits per heavy atom. The van der Waals surface area contributed by atoms with E-state index in [1.165, 1.54) is 0 Å². The molecule has 0 aromatic carbocycles. The Bertz CT molecular complexity index is 553. The van der Waals surface area contributed by atoms with E-state index in [-0.39, 0.29) is 11.8 Å². The van der Waals surface area contributed by atoms with Gasteiger partial charge in [-0.1, -0.05) is 0 Å². The van der Waals surface area contributed by atoms with Crippen LogP contribution in [0, 0.1) is 6.92 Å². The zero-order valence-corrected chi connectivity index (χ0v) is 13.3. The van der Waals surface area contributed by atoms with Gasteiger partial charge in [0.1, 0.15) is 0 Å². The highest BCUT2D eigenvalue weighted by molar-refractivity contribution is 9.10. The zero-order chi connectivity index (χ0) is 13.5. The molecule has 7 heteroatoms. The van der Waals surface area contributed by atoms with Crippen molar-refractivity contribution in [2.45, 2.75) is 25.9 Å². The lowest BCUT2D eigenvalue weighted by molar-refractivity contribution is 0.247. The molecule has 0 spiro atoms. The molecule has 5 nitrogen and oxygen atoms in total. The second-order valence-electron chi connectivity index (χ2n) is 4.94. The molecule has 0 saturated carbocycles. The number of aromatic nitrogens is 2. The molecule has 1 unspecified atom stereocenters. The van der Waals surface area contributed by atoms with E-state index in [1.807, 2.05) is 25.7 Å². The molecule has 2 rings (SSSR count). The van der Waals surface area contributed by atoms with Crippen LogP contribution in [0.1, 0.15) is 17.8 Å². The molecule has 1 saturated heterocycles. The standard InChI is InChI=1S/C11H18BrN3O2S/c1-8-11(12)10(15(3)13-8)6-14(2)9-4-5-18(16,17)7-9/h9H,4-7H2,1-3H3. The molecule has 0 aliphatic carbocycles. The Labute approximate surface area is 116 Å². The van der Waals surface area contributed by atoms with E-state index in [0.717, 1.165) is 22.3 Å². The van der Waals surface area contributed by atoms with Crippen molar-refractivity contribution in [3.8, 4) is 0 Å². The summed E-state index contributed by atoms with van der Waals surface area (Å²) in [5.74, 6) is 0.589. The molecule has 0 amide bonds. The van der Waals surface area contributed by atoms with Crippen molar-refractivity contribution >= 4 is 25.8 Å². The van der Waals surface area contributed by atoms with Gasteiger partial charge in [-0.2, -0.15) is 5.10 Å². The highest BCUT2D eigenvalue weighted by Gasteiger charge is 2.31.